The molecule has 0 bridgehead atoms. The van der Waals surface area contributed by atoms with Crippen molar-refractivity contribution in [3.63, 3.8) is 0 Å². The van der Waals surface area contributed by atoms with E-state index in [0.29, 0.717) is 6.10 Å². The van der Waals surface area contributed by atoms with Crippen LogP contribution in [0.1, 0.15) is 19.8 Å². The molecule has 0 amide bonds. The van der Waals surface area contributed by atoms with Gasteiger partial charge < -0.3 is 4.74 Å². The predicted molar refractivity (Wildman–Crippen MR) is 40.0 cm³/mol. The van der Waals surface area contributed by atoms with Gasteiger partial charge in [-0.1, -0.05) is 0 Å². The van der Waals surface area contributed by atoms with Gasteiger partial charge in [0.05, 0.1) is 12.7 Å². The first-order valence-corrected chi connectivity index (χ1v) is 4.22. The Balaban J connectivity index is 1.96. The van der Waals surface area contributed by atoms with Crippen molar-refractivity contribution < 1.29 is 4.74 Å². The van der Waals surface area contributed by atoms with E-state index in [1.807, 2.05) is 0 Å². The van der Waals surface area contributed by atoms with Crippen LogP contribution in [0, 0.1) is 0 Å². The largest absolute Gasteiger partial charge is 0.376 e. The molecule has 0 aromatic carbocycles. The average molecular weight is 141 g/mol. The van der Waals surface area contributed by atoms with Crippen molar-refractivity contribution >= 4 is 0 Å². The lowest BCUT2D eigenvalue weighted by Gasteiger charge is -2.33. The van der Waals surface area contributed by atoms with E-state index in [1.165, 1.54) is 19.4 Å². The topological polar surface area (TPSA) is 12.5 Å². The third-order valence-electron chi connectivity index (χ3n) is 2.56. The average Bonchev–Trinajstić information content (AvgIpc) is 2.33. The molecule has 2 saturated heterocycles. The third kappa shape index (κ3) is 1.06. The maximum Gasteiger partial charge on any atom is 0.0674 e. The second kappa shape index (κ2) is 2.51. The Hall–Kier alpha value is -0.0800. The zero-order chi connectivity index (χ0) is 6.97. The SMILES string of the molecule is CC1CN2CCCC2CO1. The van der Waals surface area contributed by atoms with E-state index in [9.17, 15) is 0 Å². The van der Waals surface area contributed by atoms with Crippen LogP contribution in [0.25, 0.3) is 0 Å². The van der Waals surface area contributed by atoms with Crippen molar-refractivity contribution in [1.29, 1.82) is 0 Å². The van der Waals surface area contributed by atoms with Crippen LogP contribution in [0.3, 0.4) is 0 Å². The highest BCUT2D eigenvalue weighted by Crippen LogP contribution is 2.21. The summed E-state index contributed by atoms with van der Waals surface area (Å²) in [5.41, 5.74) is 0. The molecule has 2 heterocycles. The molecule has 2 rings (SSSR count). The molecular weight excluding hydrogens is 126 g/mol. The number of morpholine rings is 1. The second-order valence-corrected chi connectivity index (χ2v) is 3.43. The second-order valence-electron chi connectivity index (χ2n) is 3.43. The lowest BCUT2D eigenvalue weighted by Crippen LogP contribution is -2.44. The van der Waals surface area contributed by atoms with Gasteiger partial charge >= 0.3 is 0 Å². The predicted octanol–water partition coefficient (Wildman–Crippen LogP) is 0.869. The monoisotopic (exact) mass is 141 g/mol. The van der Waals surface area contributed by atoms with Crippen LogP contribution in [-0.2, 0) is 4.74 Å². The summed E-state index contributed by atoms with van der Waals surface area (Å²) < 4.78 is 5.55. The summed E-state index contributed by atoms with van der Waals surface area (Å²) in [6.07, 6.45) is 3.20. The van der Waals surface area contributed by atoms with Crippen LogP contribution in [0.15, 0.2) is 0 Å². The molecule has 0 radical (unpaired) electrons. The van der Waals surface area contributed by atoms with E-state index in [-0.39, 0.29) is 0 Å². The molecule has 10 heavy (non-hydrogen) atoms. The van der Waals surface area contributed by atoms with Crippen LogP contribution < -0.4 is 0 Å². The van der Waals surface area contributed by atoms with Gasteiger partial charge in [0.1, 0.15) is 0 Å². The number of fused-ring (bicyclic) bond motifs is 1. The van der Waals surface area contributed by atoms with Gasteiger partial charge in [-0.2, -0.15) is 0 Å². The maximum atomic E-state index is 5.55. The van der Waals surface area contributed by atoms with Gasteiger partial charge in [0.15, 0.2) is 0 Å². The fraction of sp³-hybridized carbons (Fsp3) is 1.00. The summed E-state index contributed by atoms with van der Waals surface area (Å²) in [7, 11) is 0. The molecule has 2 atom stereocenters. The fourth-order valence-corrected chi connectivity index (χ4v) is 1.98. The van der Waals surface area contributed by atoms with E-state index in [4.69, 9.17) is 4.74 Å². The summed E-state index contributed by atoms with van der Waals surface area (Å²) in [6, 6.07) is 0.760. The normalized spacial score (nSPS) is 41.7. The third-order valence-corrected chi connectivity index (χ3v) is 2.56. The lowest BCUT2D eigenvalue weighted by molar-refractivity contribution is -0.0389. The van der Waals surface area contributed by atoms with E-state index < -0.39 is 0 Å². The molecule has 2 unspecified atom stereocenters. The number of rotatable bonds is 0. The van der Waals surface area contributed by atoms with Gasteiger partial charge in [-0.05, 0) is 26.3 Å². The molecule has 0 spiro atoms. The van der Waals surface area contributed by atoms with Crippen LogP contribution in [0.5, 0.6) is 0 Å². The lowest BCUT2D eigenvalue weighted by atomic mass is 10.2. The summed E-state index contributed by atoms with van der Waals surface area (Å²) in [6.45, 7) is 5.60. The zero-order valence-electron chi connectivity index (χ0n) is 6.55. The van der Waals surface area contributed by atoms with Crippen LogP contribution in [-0.4, -0.2) is 36.7 Å². The Morgan fingerprint density at radius 2 is 2.40 bits per heavy atom. The van der Waals surface area contributed by atoms with Crippen molar-refractivity contribution in [3.8, 4) is 0 Å². The Kier molecular flexibility index (Phi) is 1.66. The van der Waals surface area contributed by atoms with E-state index in [0.717, 1.165) is 19.2 Å². The maximum absolute atomic E-state index is 5.55. The highest BCUT2D eigenvalue weighted by atomic mass is 16.5. The first-order valence-electron chi connectivity index (χ1n) is 4.22. The summed E-state index contributed by atoms with van der Waals surface area (Å²) in [4.78, 5) is 2.56. The number of ether oxygens (including phenoxy) is 1. The van der Waals surface area contributed by atoms with E-state index in [2.05, 4.69) is 11.8 Å². The van der Waals surface area contributed by atoms with Crippen molar-refractivity contribution in [3.05, 3.63) is 0 Å². The Morgan fingerprint density at radius 3 is 3.30 bits per heavy atom. The summed E-state index contributed by atoms with van der Waals surface area (Å²) in [5.74, 6) is 0. The number of hydrogen-bond acceptors (Lipinski definition) is 2. The van der Waals surface area contributed by atoms with Gasteiger partial charge in [0.2, 0.25) is 0 Å². The van der Waals surface area contributed by atoms with Gasteiger partial charge in [0.25, 0.3) is 0 Å². The van der Waals surface area contributed by atoms with Crippen molar-refractivity contribution in [2.24, 2.45) is 0 Å². The number of hydrogen-bond donors (Lipinski definition) is 0. The molecule has 0 N–H and O–H groups in total. The smallest absolute Gasteiger partial charge is 0.0674 e. The minimum Gasteiger partial charge on any atom is -0.376 e. The molecule has 0 aliphatic carbocycles. The van der Waals surface area contributed by atoms with Gasteiger partial charge in [0, 0.05) is 12.6 Å². The Labute approximate surface area is 62.2 Å². The first kappa shape index (κ1) is 6.62. The highest BCUT2D eigenvalue weighted by molar-refractivity contribution is 4.83. The molecule has 0 aromatic heterocycles. The molecule has 2 aliphatic rings. The van der Waals surface area contributed by atoms with Gasteiger partial charge in [-0.25, -0.2) is 0 Å². The Bertz CT molecular complexity index is 126. The van der Waals surface area contributed by atoms with Crippen LogP contribution >= 0.6 is 0 Å². The van der Waals surface area contributed by atoms with Crippen molar-refractivity contribution in [2.45, 2.75) is 31.9 Å². The van der Waals surface area contributed by atoms with E-state index in [1.54, 1.807) is 0 Å². The minimum absolute atomic E-state index is 0.467. The molecule has 2 aliphatic heterocycles. The van der Waals surface area contributed by atoms with Crippen molar-refractivity contribution in [1.82, 2.24) is 4.90 Å². The molecule has 2 fully saturated rings. The van der Waals surface area contributed by atoms with Gasteiger partial charge in [-0.3, -0.25) is 4.90 Å². The van der Waals surface area contributed by atoms with E-state index >= 15 is 0 Å². The Morgan fingerprint density at radius 1 is 1.50 bits per heavy atom. The molecule has 0 saturated carbocycles. The summed E-state index contributed by atoms with van der Waals surface area (Å²) in [5, 5.41) is 0. The minimum atomic E-state index is 0.467. The van der Waals surface area contributed by atoms with Crippen LogP contribution in [0.4, 0.5) is 0 Å². The molecule has 2 nitrogen and oxygen atoms in total. The quantitative estimate of drug-likeness (QED) is 0.496. The van der Waals surface area contributed by atoms with Crippen molar-refractivity contribution in [2.75, 3.05) is 19.7 Å². The molecule has 2 heteroatoms. The number of nitrogens with zero attached hydrogens (tertiary/aromatic N) is 1. The highest BCUT2D eigenvalue weighted by Gasteiger charge is 2.29. The van der Waals surface area contributed by atoms with Crippen LogP contribution in [0.2, 0.25) is 0 Å². The molecule has 0 aromatic rings. The summed E-state index contributed by atoms with van der Waals surface area (Å²) >= 11 is 0. The van der Waals surface area contributed by atoms with Gasteiger partial charge in [-0.15, -0.1) is 0 Å². The zero-order valence-corrected chi connectivity index (χ0v) is 6.55. The molecular formula is C8H15NO. The molecule has 58 valence electrons. The first-order chi connectivity index (χ1) is 4.86. The standard InChI is InChI=1S/C8H15NO/c1-7-5-9-4-2-3-8(9)6-10-7/h7-8H,2-6H2,1H3. The fourth-order valence-electron chi connectivity index (χ4n) is 1.98.